The van der Waals surface area contributed by atoms with E-state index in [0.29, 0.717) is 24.7 Å². The van der Waals surface area contributed by atoms with Crippen molar-refractivity contribution in [1.82, 2.24) is 14.2 Å². The summed E-state index contributed by atoms with van der Waals surface area (Å²) in [7, 11) is -0.951. The quantitative estimate of drug-likeness (QED) is 0.796. The molecule has 1 aromatic heterocycles. The van der Waals surface area contributed by atoms with Crippen LogP contribution in [-0.4, -0.2) is 50.0 Å². The van der Waals surface area contributed by atoms with Crippen molar-refractivity contribution >= 4 is 27.6 Å². The molecular weight excluding hydrogens is 378 g/mol. The number of nitrogens with zero attached hydrogens (tertiary/aromatic N) is 2. The highest BCUT2D eigenvalue weighted by Crippen LogP contribution is 2.33. The van der Waals surface area contributed by atoms with Crippen LogP contribution < -0.4 is 5.32 Å². The van der Waals surface area contributed by atoms with Crippen LogP contribution in [0.4, 0.5) is 0 Å². The number of piperazine rings is 1. The van der Waals surface area contributed by atoms with E-state index >= 15 is 0 Å². The third kappa shape index (κ3) is 3.37. The normalized spacial score (nSPS) is 18.7. The molecule has 1 aromatic carbocycles. The zero-order valence-corrected chi connectivity index (χ0v) is 16.0. The van der Waals surface area contributed by atoms with Crippen LogP contribution in [0.1, 0.15) is 22.1 Å². The van der Waals surface area contributed by atoms with Gasteiger partial charge in [0.15, 0.2) is 0 Å². The van der Waals surface area contributed by atoms with Gasteiger partial charge < -0.3 is 14.6 Å². The second-order valence-electron chi connectivity index (χ2n) is 6.02. The number of aryl methyl sites for hydroxylation is 1. The van der Waals surface area contributed by atoms with Crippen molar-refractivity contribution < 1.29 is 17.9 Å². The number of ether oxygens (including phenoxy) is 1. The highest BCUT2D eigenvalue weighted by atomic mass is 35.5. The molecule has 3 rings (SSSR count). The molecule has 1 fully saturated rings. The molecule has 0 bridgehead atoms. The third-order valence-corrected chi connectivity index (χ3v) is 6.66. The summed E-state index contributed by atoms with van der Waals surface area (Å²) in [5, 5.41) is 3.73. The third-order valence-electron chi connectivity index (χ3n) is 4.44. The number of rotatable bonds is 4. The van der Waals surface area contributed by atoms with Gasteiger partial charge in [0, 0.05) is 37.9 Å². The van der Waals surface area contributed by atoms with E-state index in [1.807, 2.05) is 12.1 Å². The zero-order valence-electron chi connectivity index (χ0n) is 14.5. The Hall–Kier alpha value is -1.87. The number of carbonyl (C=O) groups is 1. The molecule has 1 atom stereocenters. The molecule has 0 radical (unpaired) electrons. The lowest BCUT2D eigenvalue weighted by Gasteiger charge is -2.35. The molecule has 0 aliphatic carbocycles. The minimum Gasteiger partial charge on any atom is -0.464 e. The van der Waals surface area contributed by atoms with Crippen molar-refractivity contribution in [2.45, 2.75) is 10.9 Å². The maximum atomic E-state index is 13.2. The van der Waals surface area contributed by atoms with Gasteiger partial charge in [-0.2, -0.15) is 4.31 Å². The number of hydrogen-bond donors (Lipinski definition) is 1. The minimum absolute atomic E-state index is 0.0550. The summed E-state index contributed by atoms with van der Waals surface area (Å²) in [6.07, 6.45) is 1.42. The Morgan fingerprint density at radius 3 is 2.77 bits per heavy atom. The predicted octanol–water partition coefficient (Wildman–Crippen LogP) is 1.80. The highest BCUT2D eigenvalue weighted by molar-refractivity contribution is 7.89. The van der Waals surface area contributed by atoms with E-state index in [0.717, 1.165) is 5.56 Å². The molecule has 9 heteroatoms. The Balaban J connectivity index is 2.02. The van der Waals surface area contributed by atoms with E-state index in [-0.39, 0.29) is 10.6 Å². The fourth-order valence-corrected chi connectivity index (χ4v) is 5.04. The van der Waals surface area contributed by atoms with E-state index in [9.17, 15) is 13.2 Å². The number of esters is 1. The monoisotopic (exact) mass is 397 g/mol. The summed E-state index contributed by atoms with van der Waals surface area (Å²) in [5.41, 5.74) is 0.921. The van der Waals surface area contributed by atoms with Crippen LogP contribution in [0.2, 0.25) is 5.02 Å². The standard InChI is InChI=1S/C17H20ClN3O4S/c1-20-11-12(9-15(20)17(22)25-2)26(23,24)21-8-7-19-10-16(21)13-5-3-4-6-14(13)18/h3-6,9,11,16,19H,7-8,10H2,1-2H3. The van der Waals surface area contributed by atoms with E-state index < -0.39 is 22.0 Å². The summed E-state index contributed by atoms with van der Waals surface area (Å²) in [6, 6.07) is 8.12. The van der Waals surface area contributed by atoms with E-state index in [2.05, 4.69) is 5.32 Å². The lowest BCUT2D eigenvalue weighted by Crippen LogP contribution is -2.48. The first-order valence-corrected chi connectivity index (χ1v) is 9.89. The number of aromatic nitrogens is 1. The maximum absolute atomic E-state index is 13.2. The Morgan fingerprint density at radius 1 is 1.35 bits per heavy atom. The smallest absolute Gasteiger partial charge is 0.354 e. The number of nitrogens with one attached hydrogen (secondary N) is 1. The fourth-order valence-electron chi connectivity index (χ4n) is 3.10. The van der Waals surface area contributed by atoms with Crippen LogP contribution in [0.15, 0.2) is 41.4 Å². The van der Waals surface area contributed by atoms with Crippen molar-refractivity contribution in [2.75, 3.05) is 26.7 Å². The van der Waals surface area contributed by atoms with Crippen molar-refractivity contribution in [3.05, 3.63) is 52.8 Å². The minimum atomic E-state index is -3.81. The molecule has 1 saturated heterocycles. The lowest BCUT2D eigenvalue weighted by molar-refractivity contribution is 0.0590. The van der Waals surface area contributed by atoms with Crippen molar-refractivity contribution in [3.8, 4) is 0 Å². The van der Waals surface area contributed by atoms with Gasteiger partial charge in [0.2, 0.25) is 10.0 Å². The van der Waals surface area contributed by atoms with Crippen molar-refractivity contribution in [1.29, 1.82) is 0 Å². The molecular formula is C17H20ClN3O4S. The molecule has 1 unspecified atom stereocenters. The largest absolute Gasteiger partial charge is 0.464 e. The average molecular weight is 398 g/mol. The van der Waals surface area contributed by atoms with Gasteiger partial charge in [0.05, 0.1) is 13.2 Å². The van der Waals surface area contributed by atoms with Gasteiger partial charge in [-0.15, -0.1) is 0 Å². The van der Waals surface area contributed by atoms with E-state index in [1.165, 1.54) is 28.2 Å². The van der Waals surface area contributed by atoms with Crippen LogP contribution >= 0.6 is 11.6 Å². The second-order valence-corrected chi connectivity index (χ2v) is 8.32. The summed E-state index contributed by atoms with van der Waals surface area (Å²) in [4.78, 5) is 11.9. The fraction of sp³-hybridized carbons (Fsp3) is 0.353. The molecule has 1 N–H and O–H groups in total. The van der Waals surface area contributed by atoms with Crippen LogP contribution in [-0.2, 0) is 21.8 Å². The van der Waals surface area contributed by atoms with Gasteiger partial charge in [-0.1, -0.05) is 29.8 Å². The molecule has 0 spiro atoms. The molecule has 2 aromatic rings. The number of methoxy groups -OCH3 is 1. The molecule has 1 aliphatic rings. The highest BCUT2D eigenvalue weighted by Gasteiger charge is 2.36. The second kappa shape index (κ2) is 7.40. The Morgan fingerprint density at radius 2 is 2.08 bits per heavy atom. The van der Waals surface area contributed by atoms with Crippen LogP contribution in [0, 0.1) is 0 Å². The van der Waals surface area contributed by atoms with Crippen LogP contribution in [0.5, 0.6) is 0 Å². The number of benzene rings is 1. The van der Waals surface area contributed by atoms with Gasteiger partial charge in [-0.25, -0.2) is 13.2 Å². The van der Waals surface area contributed by atoms with Gasteiger partial charge in [0.1, 0.15) is 10.6 Å². The van der Waals surface area contributed by atoms with Crippen LogP contribution in [0.3, 0.4) is 0 Å². The molecule has 0 saturated carbocycles. The number of sulfonamides is 1. The lowest BCUT2D eigenvalue weighted by atomic mass is 10.1. The number of halogens is 1. The molecule has 7 nitrogen and oxygen atoms in total. The first kappa shape index (κ1) is 18.9. The molecule has 1 aliphatic heterocycles. The molecule has 2 heterocycles. The number of carbonyl (C=O) groups excluding carboxylic acids is 1. The Bertz CT molecular complexity index is 926. The molecule has 0 amide bonds. The predicted molar refractivity (Wildman–Crippen MR) is 97.7 cm³/mol. The molecule has 26 heavy (non-hydrogen) atoms. The zero-order chi connectivity index (χ0) is 18.9. The first-order chi connectivity index (χ1) is 12.4. The Kier molecular flexibility index (Phi) is 5.38. The maximum Gasteiger partial charge on any atom is 0.354 e. The summed E-state index contributed by atoms with van der Waals surface area (Å²) < 4.78 is 34.1. The van der Waals surface area contributed by atoms with Gasteiger partial charge >= 0.3 is 5.97 Å². The number of hydrogen-bond acceptors (Lipinski definition) is 5. The van der Waals surface area contributed by atoms with Crippen LogP contribution in [0.25, 0.3) is 0 Å². The summed E-state index contributed by atoms with van der Waals surface area (Å²) in [6.45, 7) is 1.30. The average Bonchev–Trinajstić information content (AvgIpc) is 3.04. The van der Waals surface area contributed by atoms with E-state index in [1.54, 1.807) is 19.2 Å². The topological polar surface area (TPSA) is 80.6 Å². The SMILES string of the molecule is COC(=O)c1cc(S(=O)(=O)N2CCNCC2c2ccccc2Cl)cn1C. The first-order valence-electron chi connectivity index (χ1n) is 8.08. The van der Waals surface area contributed by atoms with Crippen molar-refractivity contribution in [3.63, 3.8) is 0 Å². The van der Waals surface area contributed by atoms with Gasteiger partial charge in [-0.05, 0) is 17.7 Å². The van der Waals surface area contributed by atoms with Gasteiger partial charge in [0.25, 0.3) is 0 Å². The van der Waals surface area contributed by atoms with Crippen molar-refractivity contribution in [2.24, 2.45) is 7.05 Å². The Labute approximate surface area is 157 Å². The molecule has 140 valence electrons. The summed E-state index contributed by atoms with van der Waals surface area (Å²) >= 11 is 6.29. The van der Waals surface area contributed by atoms with Gasteiger partial charge in [-0.3, -0.25) is 0 Å². The summed E-state index contributed by atoms with van der Waals surface area (Å²) in [5.74, 6) is -0.586. The van der Waals surface area contributed by atoms with E-state index in [4.69, 9.17) is 16.3 Å².